The molecule has 1 aromatic rings. The summed E-state index contributed by atoms with van der Waals surface area (Å²) in [6.45, 7) is 2.80. The van der Waals surface area contributed by atoms with Gasteiger partial charge in [-0.05, 0) is 31.7 Å². The van der Waals surface area contributed by atoms with Crippen molar-refractivity contribution >= 4 is 12.6 Å². The summed E-state index contributed by atoms with van der Waals surface area (Å²) in [5, 5.41) is 0. The fourth-order valence-corrected chi connectivity index (χ4v) is 1.68. The van der Waals surface area contributed by atoms with Gasteiger partial charge in [0.15, 0.2) is 0 Å². The normalized spacial score (nSPS) is 10.6. The first-order valence-corrected chi connectivity index (χ1v) is 5.76. The number of aryl methyl sites for hydroxylation is 1. The molecule has 0 fully saturated rings. The second-order valence-corrected chi connectivity index (χ2v) is 4.07. The van der Waals surface area contributed by atoms with Gasteiger partial charge in [-0.15, -0.1) is 0 Å². The van der Waals surface area contributed by atoms with E-state index in [2.05, 4.69) is 17.5 Å². The van der Waals surface area contributed by atoms with Crippen LogP contribution in [0.25, 0.3) is 0 Å². The summed E-state index contributed by atoms with van der Waals surface area (Å²) in [5.74, 6) is 2.49. The summed E-state index contributed by atoms with van der Waals surface area (Å²) in [7, 11) is 5.38. The number of methoxy groups -OCH3 is 2. The van der Waals surface area contributed by atoms with E-state index >= 15 is 0 Å². The number of thiol groups is 1. The summed E-state index contributed by atoms with van der Waals surface area (Å²) < 4.78 is 10.7. The van der Waals surface area contributed by atoms with Crippen LogP contribution in [0.15, 0.2) is 12.1 Å². The minimum atomic E-state index is 0.708. The van der Waals surface area contributed by atoms with E-state index in [-0.39, 0.29) is 0 Å². The molecule has 0 aliphatic rings. The van der Waals surface area contributed by atoms with Gasteiger partial charge < -0.3 is 9.47 Å². The summed E-state index contributed by atoms with van der Waals surface area (Å²) in [6, 6.07) is 4.02. The molecule has 0 aliphatic heterocycles. The van der Waals surface area contributed by atoms with E-state index in [9.17, 15) is 0 Å². The zero-order valence-corrected chi connectivity index (χ0v) is 11.2. The molecular formula is C12H19NO2S. The smallest absolute Gasteiger partial charge is 0.123 e. The predicted molar refractivity (Wildman–Crippen MR) is 69.6 cm³/mol. The molecule has 4 heteroatoms. The number of ether oxygens (including phenoxy) is 2. The van der Waals surface area contributed by atoms with Crippen LogP contribution in [0.2, 0.25) is 0 Å². The first kappa shape index (κ1) is 13.2. The third-order valence-corrected chi connectivity index (χ3v) is 2.96. The van der Waals surface area contributed by atoms with E-state index < -0.39 is 0 Å². The van der Waals surface area contributed by atoms with Crippen molar-refractivity contribution < 1.29 is 9.47 Å². The maximum Gasteiger partial charge on any atom is 0.123 e. The Kier molecular flexibility index (Phi) is 4.96. The molecule has 0 bridgehead atoms. The van der Waals surface area contributed by atoms with Crippen molar-refractivity contribution in [1.82, 2.24) is 4.90 Å². The SMILES string of the molecule is COc1cc(CN(C)CS)c(OC)cc1C. The highest BCUT2D eigenvalue weighted by molar-refractivity contribution is 7.80. The van der Waals surface area contributed by atoms with E-state index in [1.54, 1.807) is 14.2 Å². The second-order valence-electron chi connectivity index (χ2n) is 3.79. The lowest BCUT2D eigenvalue weighted by molar-refractivity contribution is 0.358. The average molecular weight is 241 g/mol. The van der Waals surface area contributed by atoms with Gasteiger partial charge in [0.25, 0.3) is 0 Å². The van der Waals surface area contributed by atoms with Crippen LogP contribution < -0.4 is 9.47 Å². The molecule has 0 N–H and O–H groups in total. The zero-order valence-electron chi connectivity index (χ0n) is 10.3. The molecular weight excluding hydrogens is 222 g/mol. The van der Waals surface area contributed by atoms with Crippen LogP contribution in [0.3, 0.4) is 0 Å². The zero-order chi connectivity index (χ0) is 12.1. The molecule has 0 spiro atoms. The van der Waals surface area contributed by atoms with Gasteiger partial charge in [0.05, 0.1) is 14.2 Å². The Balaban J connectivity index is 3.04. The molecule has 0 saturated heterocycles. The van der Waals surface area contributed by atoms with E-state index in [0.717, 1.165) is 29.2 Å². The van der Waals surface area contributed by atoms with Gasteiger partial charge in [0, 0.05) is 18.0 Å². The Morgan fingerprint density at radius 1 is 1.19 bits per heavy atom. The van der Waals surface area contributed by atoms with Crippen molar-refractivity contribution in [3.8, 4) is 11.5 Å². The van der Waals surface area contributed by atoms with Crippen LogP contribution in [-0.2, 0) is 6.54 Å². The van der Waals surface area contributed by atoms with Crippen LogP contribution in [0, 0.1) is 6.92 Å². The summed E-state index contributed by atoms with van der Waals surface area (Å²) >= 11 is 4.23. The molecule has 0 aliphatic carbocycles. The molecule has 90 valence electrons. The highest BCUT2D eigenvalue weighted by Crippen LogP contribution is 2.28. The third-order valence-electron chi connectivity index (χ3n) is 2.48. The van der Waals surface area contributed by atoms with Crippen molar-refractivity contribution in [2.45, 2.75) is 13.5 Å². The van der Waals surface area contributed by atoms with Crippen molar-refractivity contribution in [3.05, 3.63) is 23.3 Å². The molecule has 0 atom stereocenters. The van der Waals surface area contributed by atoms with Gasteiger partial charge >= 0.3 is 0 Å². The number of rotatable bonds is 5. The van der Waals surface area contributed by atoms with E-state index in [0.29, 0.717) is 5.88 Å². The summed E-state index contributed by atoms with van der Waals surface area (Å²) in [5.41, 5.74) is 2.19. The Hall–Kier alpha value is -0.870. The van der Waals surface area contributed by atoms with Gasteiger partial charge in [0.2, 0.25) is 0 Å². The molecule has 0 unspecified atom stereocenters. The van der Waals surface area contributed by atoms with E-state index in [1.165, 1.54) is 0 Å². The van der Waals surface area contributed by atoms with Crippen LogP contribution in [0.4, 0.5) is 0 Å². The van der Waals surface area contributed by atoms with E-state index in [1.807, 2.05) is 26.1 Å². The van der Waals surface area contributed by atoms with Gasteiger partial charge in [-0.1, -0.05) is 0 Å². The molecule has 0 aromatic heterocycles. The molecule has 0 radical (unpaired) electrons. The van der Waals surface area contributed by atoms with Gasteiger partial charge in [-0.3, -0.25) is 4.90 Å². The monoisotopic (exact) mass is 241 g/mol. The Morgan fingerprint density at radius 3 is 2.31 bits per heavy atom. The minimum absolute atomic E-state index is 0.708. The first-order valence-electron chi connectivity index (χ1n) is 5.13. The average Bonchev–Trinajstić information content (AvgIpc) is 2.30. The summed E-state index contributed by atoms with van der Waals surface area (Å²) in [4.78, 5) is 2.09. The lowest BCUT2D eigenvalue weighted by Gasteiger charge is -2.17. The molecule has 0 heterocycles. The molecule has 1 rings (SSSR count). The molecule has 16 heavy (non-hydrogen) atoms. The van der Waals surface area contributed by atoms with Crippen LogP contribution in [-0.4, -0.2) is 32.0 Å². The van der Waals surface area contributed by atoms with Gasteiger partial charge in [-0.2, -0.15) is 12.6 Å². The number of hydrogen-bond acceptors (Lipinski definition) is 4. The maximum atomic E-state index is 5.36. The van der Waals surface area contributed by atoms with Gasteiger partial charge in [0.1, 0.15) is 11.5 Å². The third kappa shape index (κ3) is 3.06. The van der Waals surface area contributed by atoms with E-state index in [4.69, 9.17) is 9.47 Å². The highest BCUT2D eigenvalue weighted by Gasteiger charge is 2.09. The fraction of sp³-hybridized carbons (Fsp3) is 0.500. The van der Waals surface area contributed by atoms with Crippen molar-refractivity contribution in [3.63, 3.8) is 0 Å². The van der Waals surface area contributed by atoms with Crippen LogP contribution in [0.5, 0.6) is 11.5 Å². The Morgan fingerprint density at radius 2 is 1.81 bits per heavy atom. The molecule has 0 saturated carbocycles. The maximum absolute atomic E-state index is 5.36. The van der Waals surface area contributed by atoms with Crippen molar-refractivity contribution in [2.24, 2.45) is 0 Å². The number of benzene rings is 1. The van der Waals surface area contributed by atoms with Crippen LogP contribution >= 0.6 is 12.6 Å². The predicted octanol–water partition coefficient (Wildman–Crippen LogP) is 2.33. The topological polar surface area (TPSA) is 21.7 Å². The molecule has 3 nitrogen and oxygen atoms in total. The fourth-order valence-electron chi connectivity index (χ4n) is 1.58. The van der Waals surface area contributed by atoms with Crippen molar-refractivity contribution in [1.29, 1.82) is 0 Å². The first-order chi connectivity index (χ1) is 7.62. The number of nitrogens with zero attached hydrogens (tertiary/aromatic N) is 1. The largest absolute Gasteiger partial charge is 0.496 e. The lowest BCUT2D eigenvalue weighted by atomic mass is 10.1. The quantitative estimate of drug-likeness (QED) is 0.631. The van der Waals surface area contributed by atoms with Crippen LogP contribution in [0.1, 0.15) is 11.1 Å². The summed E-state index contributed by atoms with van der Waals surface area (Å²) in [6.07, 6.45) is 0. The van der Waals surface area contributed by atoms with Crippen molar-refractivity contribution in [2.75, 3.05) is 27.1 Å². The minimum Gasteiger partial charge on any atom is -0.496 e. The number of hydrogen-bond donors (Lipinski definition) is 1. The Labute approximate surface area is 103 Å². The molecule has 1 aromatic carbocycles. The standard InChI is InChI=1S/C12H19NO2S/c1-9-5-12(15-4)10(6-11(9)14-3)7-13(2)8-16/h5-6,16H,7-8H2,1-4H3. The molecule has 0 amide bonds. The highest BCUT2D eigenvalue weighted by atomic mass is 32.1. The Bertz CT molecular complexity index is 355. The lowest BCUT2D eigenvalue weighted by Crippen LogP contribution is -2.16. The second kappa shape index (κ2) is 6.01. The van der Waals surface area contributed by atoms with Gasteiger partial charge in [-0.25, -0.2) is 0 Å².